The number of benzene rings is 1. The Morgan fingerprint density at radius 3 is 2.68 bits per heavy atom. The summed E-state index contributed by atoms with van der Waals surface area (Å²) in [4.78, 5) is 14.3. The smallest absolute Gasteiger partial charge is 0.239 e. The van der Waals surface area contributed by atoms with E-state index >= 15 is 0 Å². The summed E-state index contributed by atoms with van der Waals surface area (Å²) in [6.45, 7) is 3.92. The number of carbonyl (C=O) groups is 1. The van der Waals surface area contributed by atoms with Gasteiger partial charge >= 0.3 is 0 Å². The van der Waals surface area contributed by atoms with E-state index in [1.165, 1.54) is 12.7 Å². The molecule has 1 aromatic rings. The van der Waals surface area contributed by atoms with Gasteiger partial charge in [-0.05, 0) is 5.56 Å². The van der Waals surface area contributed by atoms with Crippen LogP contribution in [0.3, 0.4) is 0 Å². The van der Waals surface area contributed by atoms with Crippen molar-refractivity contribution in [1.82, 2.24) is 10.2 Å². The minimum atomic E-state index is -0.633. The van der Waals surface area contributed by atoms with E-state index in [-0.39, 0.29) is 18.6 Å². The topological polar surface area (TPSA) is 76.8 Å². The molecular weight excluding hydrogens is 282 g/mol. The van der Waals surface area contributed by atoms with Gasteiger partial charge in [-0.2, -0.15) is 0 Å². The van der Waals surface area contributed by atoms with E-state index in [4.69, 9.17) is 15.2 Å². The van der Waals surface area contributed by atoms with Gasteiger partial charge in [0.15, 0.2) is 0 Å². The van der Waals surface area contributed by atoms with E-state index in [1.54, 1.807) is 0 Å². The van der Waals surface area contributed by atoms with E-state index in [2.05, 4.69) is 22.3 Å². The molecule has 1 fully saturated rings. The monoisotopic (exact) mass is 307 g/mol. The fourth-order valence-corrected chi connectivity index (χ4v) is 2.61. The fourth-order valence-electron chi connectivity index (χ4n) is 2.61. The van der Waals surface area contributed by atoms with Gasteiger partial charge in [0.2, 0.25) is 5.91 Å². The molecule has 2 atom stereocenters. The van der Waals surface area contributed by atoms with Crippen LogP contribution >= 0.6 is 0 Å². The zero-order valence-electron chi connectivity index (χ0n) is 13.0. The number of amides is 1. The van der Waals surface area contributed by atoms with Crippen LogP contribution in [0.5, 0.6) is 0 Å². The second kappa shape index (κ2) is 8.85. The molecule has 0 aromatic heterocycles. The van der Waals surface area contributed by atoms with Gasteiger partial charge in [0, 0.05) is 26.7 Å². The molecule has 0 aliphatic carbocycles. The summed E-state index contributed by atoms with van der Waals surface area (Å²) in [6, 6.07) is 9.69. The van der Waals surface area contributed by atoms with Gasteiger partial charge in [-0.15, -0.1) is 0 Å². The maximum absolute atomic E-state index is 12.0. The van der Waals surface area contributed by atoms with Crippen LogP contribution in [0, 0.1) is 0 Å². The normalized spacial score (nSPS) is 18.6. The van der Waals surface area contributed by atoms with E-state index in [9.17, 15) is 4.79 Å². The number of hydrogen-bond donors (Lipinski definition) is 2. The minimum Gasteiger partial charge on any atom is -0.383 e. The number of nitrogens with zero attached hydrogens (tertiary/aromatic N) is 1. The molecule has 1 aromatic carbocycles. The third kappa shape index (κ3) is 4.78. The lowest BCUT2D eigenvalue weighted by Gasteiger charge is -2.35. The molecule has 2 rings (SSSR count). The number of nitrogens with two attached hydrogens (primary N) is 1. The Kier molecular flexibility index (Phi) is 6.79. The highest BCUT2D eigenvalue weighted by Gasteiger charge is 2.24. The van der Waals surface area contributed by atoms with Crippen LogP contribution in [0.2, 0.25) is 0 Å². The van der Waals surface area contributed by atoms with Crippen LogP contribution in [0.1, 0.15) is 11.6 Å². The lowest BCUT2D eigenvalue weighted by Crippen LogP contribution is -2.48. The molecule has 1 aliphatic rings. The predicted octanol–water partition coefficient (Wildman–Crippen LogP) is 0.150. The molecule has 3 N–H and O–H groups in total. The highest BCUT2D eigenvalue weighted by molar-refractivity contribution is 5.81. The highest BCUT2D eigenvalue weighted by Crippen LogP contribution is 2.20. The molecule has 0 saturated carbocycles. The molecule has 22 heavy (non-hydrogen) atoms. The Bertz CT molecular complexity index is 449. The molecule has 6 heteroatoms. The Morgan fingerprint density at radius 2 is 2.05 bits per heavy atom. The molecule has 1 saturated heterocycles. The Morgan fingerprint density at radius 1 is 1.36 bits per heavy atom. The average molecular weight is 307 g/mol. The van der Waals surface area contributed by atoms with E-state index in [0.29, 0.717) is 6.54 Å². The number of rotatable bonds is 7. The zero-order valence-corrected chi connectivity index (χ0v) is 13.0. The average Bonchev–Trinajstić information content (AvgIpc) is 2.57. The van der Waals surface area contributed by atoms with Gasteiger partial charge < -0.3 is 20.5 Å². The van der Waals surface area contributed by atoms with E-state index < -0.39 is 6.04 Å². The lowest BCUT2D eigenvalue weighted by atomic mass is 10.0. The number of hydrogen-bond acceptors (Lipinski definition) is 5. The minimum absolute atomic E-state index is 0.129. The number of ether oxygens (including phenoxy) is 2. The maximum Gasteiger partial charge on any atom is 0.239 e. The number of methoxy groups -OCH3 is 1. The second-order valence-electron chi connectivity index (χ2n) is 5.38. The van der Waals surface area contributed by atoms with Crippen molar-refractivity contribution < 1.29 is 14.3 Å². The van der Waals surface area contributed by atoms with Crippen molar-refractivity contribution >= 4 is 5.91 Å². The first-order valence-electron chi connectivity index (χ1n) is 7.61. The molecular formula is C16H25N3O3. The third-order valence-electron chi connectivity index (χ3n) is 3.82. The molecule has 1 amide bonds. The third-order valence-corrected chi connectivity index (χ3v) is 3.82. The summed E-state index contributed by atoms with van der Waals surface area (Å²) >= 11 is 0. The molecule has 0 radical (unpaired) electrons. The molecule has 2 unspecified atom stereocenters. The summed E-state index contributed by atoms with van der Waals surface area (Å²) in [5.74, 6) is -0.184. The number of nitrogens with one attached hydrogen (secondary N) is 1. The SMILES string of the molecule is COCC(N)C(=O)NCC(c1ccccc1)N1CCOCC1. The van der Waals surface area contributed by atoms with Crippen LogP contribution in [0.4, 0.5) is 0 Å². The van der Waals surface area contributed by atoms with Gasteiger partial charge in [0.05, 0.1) is 25.9 Å². The van der Waals surface area contributed by atoms with Crippen molar-refractivity contribution in [2.24, 2.45) is 5.73 Å². The largest absolute Gasteiger partial charge is 0.383 e. The van der Waals surface area contributed by atoms with Crippen molar-refractivity contribution in [3.05, 3.63) is 35.9 Å². The highest BCUT2D eigenvalue weighted by atomic mass is 16.5. The van der Waals surface area contributed by atoms with Crippen molar-refractivity contribution in [1.29, 1.82) is 0 Å². The van der Waals surface area contributed by atoms with Crippen molar-refractivity contribution in [3.8, 4) is 0 Å². The summed E-state index contributed by atoms with van der Waals surface area (Å²) in [5, 5.41) is 2.94. The number of morpholine rings is 1. The van der Waals surface area contributed by atoms with E-state index in [0.717, 1.165) is 26.3 Å². The Balaban J connectivity index is 2.00. The van der Waals surface area contributed by atoms with Crippen molar-refractivity contribution in [3.63, 3.8) is 0 Å². The van der Waals surface area contributed by atoms with Gasteiger partial charge in [-0.1, -0.05) is 30.3 Å². The Labute approximate surface area is 131 Å². The fraction of sp³-hybridized carbons (Fsp3) is 0.562. The summed E-state index contributed by atoms with van der Waals surface area (Å²) < 4.78 is 10.3. The molecule has 1 aliphatic heterocycles. The summed E-state index contributed by atoms with van der Waals surface area (Å²) in [7, 11) is 1.54. The van der Waals surface area contributed by atoms with Gasteiger partial charge in [0.25, 0.3) is 0 Å². The van der Waals surface area contributed by atoms with Gasteiger partial charge in [-0.3, -0.25) is 9.69 Å². The van der Waals surface area contributed by atoms with Crippen LogP contribution < -0.4 is 11.1 Å². The van der Waals surface area contributed by atoms with Crippen molar-refractivity contribution in [2.45, 2.75) is 12.1 Å². The molecule has 0 bridgehead atoms. The van der Waals surface area contributed by atoms with Gasteiger partial charge in [0.1, 0.15) is 6.04 Å². The first-order chi connectivity index (χ1) is 10.7. The lowest BCUT2D eigenvalue weighted by molar-refractivity contribution is -0.123. The first kappa shape index (κ1) is 16.9. The maximum atomic E-state index is 12.0. The van der Waals surface area contributed by atoms with Crippen LogP contribution in [0.15, 0.2) is 30.3 Å². The molecule has 122 valence electrons. The quantitative estimate of drug-likeness (QED) is 0.750. The van der Waals surface area contributed by atoms with E-state index in [1.807, 2.05) is 18.2 Å². The van der Waals surface area contributed by atoms with Crippen LogP contribution in [-0.4, -0.2) is 63.4 Å². The van der Waals surface area contributed by atoms with Gasteiger partial charge in [-0.25, -0.2) is 0 Å². The van der Waals surface area contributed by atoms with Crippen LogP contribution in [0.25, 0.3) is 0 Å². The summed E-state index contributed by atoms with van der Waals surface area (Å²) in [6.07, 6.45) is 0. The summed E-state index contributed by atoms with van der Waals surface area (Å²) in [5.41, 5.74) is 6.95. The van der Waals surface area contributed by atoms with Crippen molar-refractivity contribution in [2.75, 3.05) is 46.6 Å². The number of carbonyl (C=O) groups excluding carboxylic acids is 1. The zero-order chi connectivity index (χ0) is 15.8. The first-order valence-corrected chi connectivity index (χ1v) is 7.61. The van der Waals surface area contributed by atoms with Crippen LogP contribution in [-0.2, 0) is 14.3 Å². The predicted molar refractivity (Wildman–Crippen MR) is 84.4 cm³/mol. The molecule has 0 spiro atoms. The molecule has 1 heterocycles. The second-order valence-corrected chi connectivity index (χ2v) is 5.38. The molecule has 6 nitrogen and oxygen atoms in total. The Hall–Kier alpha value is -1.47. The standard InChI is InChI=1S/C16H25N3O3/c1-21-12-14(17)16(20)18-11-15(13-5-3-2-4-6-13)19-7-9-22-10-8-19/h2-6,14-15H,7-12,17H2,1H3,(H,18,20).